The average Bonchev–Trinajstić information content (AvgIpc) is 3.12. The van der Waals surface area contributed by atoms with Crippen molar-refractivity contribution in [3.8, 4) is 0 Å². The van der Waals surface area contributed by atoms with E-state index in [4.69, 9.17) is 0 Å². The predicted octanol–water partition coefficient (Wildman–Crippen LogP) is 0.339. The van der Waals surface area contributed by atoms with Crippen LogP contribution in [0.4, 0.5) is 4.79 Å². The van der Waals surface area contributed by atoms with Gasteiger partial charge in [-0.25, -0.2) is 4.79 Å². The van der Waals surface area contributed by atoms with Gasteiger partial charge in [0.1, 0.15) is 5.54 Å². The second-order valence-electron chi connectivity index (χ2n) is 5.47. The first-order chi connectivity index (χ1) is 8.44. The van der Waals surface area contributed by atoms with Crippen molar-refractivity contribution in [2.45, 2.75) is 37.3 Å². The number of piperidine rings is 1. The number of carbonyl (C=O) groups is 2. The Morgan fingerprint density at radius 3 is 2.22 bits per heavy atom. The Bertz CT molecular complexity index is 344. The molecule has 6 nitrogen and oxygen atoms in total. The number of nitrogens with zero attached hydrogens (tertiary/aromatic N) is 2. The van der Waals surface area contributed by atoms with Crippen LogP contribution in [-0.2, 0) is 4.79 Å². The minimum atomic E-state index is -0.829. The molecule has 0 spiro atoms. The molecule has 1 saturated heterocycles. The quantitative estimate of drug-likeness (QED) is 0.762. The molecule has 102 valence electrons. The monoisotopic (exact) mass is 255 g/mol. The molecular formula is C12H21N3O3. The Labute approximate surface area is 107 Å². The number of likely N-dealkylation sites (tertiary alicyclic amines) is 1. The van der Waals surface area contributed by atoms with Crippen molar-refractivity contribution in [1.29, 1.82) is 0 Å². The lowest BCUT2D eigenvalue weighted by Gasteiger charge is -2.40. The summed E-state index contributed by atoms with van der Waals surface area (Å²) in [6.45, 7) is 1.01. The van der Waals surface area contributed by atoms with Gasteiger partial charge in [-0.15, -0.1) is 0 Å². The van der Waals surface area contributed by atoms with E-state index in [0.717, 1.165) is 12.8 Å². The number of hydrogen-bond donors (Lipinski definition) is 2. The van der Waals surface area contributed by atoms with Crippen molar-refractivity contribution in [3.63, 3.8) is 0 Å². The lowest BCUT2D eigenvalue weighted by atomic mass is 9.87. The molecule has 18 heavy (non-hydrogen) atoms. The lowest BCUT2D eigenvalue weighted by Crippen LogP contribution is -2.60. The summed E-state index contributed by atoms with van der Waals surface area (Å²) in [7, 11) is 3.42. The molecule has 0 aromatic rings. The first-order valence-corrected chi connectivity index (χ1v) is 6.42. The van der Waals surface area contributed by atoms with Crippen LogP contribution in [0.2, 0.25) is 0 Å². The summed E-state index contributed by atoms with van der Waals surface area (Å²) in [5.41, 5.74) is -0.829. The molecule has 1 aliphatic carbocycles. The van der Waals surface area contributed by atoms with Gasteiger partial charge in [-0.3, -0.25) is 10.1 Å². The summed E-state index contributed by atoms with van der Waals surface area (Å²) in [5, 5.41) is 12.7. The van der Waals surface area contributed by atoms with Crippen LogP contribution in [0.5, 0.6) is 0 Å². The fourth-order valence-electron chi connectivity index (χ4n) is 2.40. The van der Waals surface area contributed by atoms with Gasteiger partial charge in [-0.2, -0.15) is 0 Å². The number of amides is 2. The largest absolute Gasteiger partial charge is 0.480 e. The lowest BCUT2D eigenvalue weighted by molar-refractivity contribution is -0.147. The van der Waals surface area contributed by atoms with E-state index in [1.807, 2.05) is 0 Å². The van der Waals surface area contributed by atoms with Crippen molar-refractivity contribution >= 4 is 12.0 Å². The molecule has 2 fully saturated rings. The van der Waals surface area contributed by atoms with E-state index in [-0.39, 0.29) is 6.03 Å². The normalized spacial score (nSPS) is 22.7. The molecule has 0 atom stereocenters. The van der Waals surface area contributed by atoms with Crippen molar-refractivity contribution < 1.29 is 14.7 Å². The van der Waals surface area contributed by atoms with Crippen LogP contribution in [0.25, 0.3) is 0 Å². The molecule has 0 aromatic heterocycles. The standard InChI is InChI=1S/C12H21N3O3/c1-14(2)11(18)15-7-5-12(6-8-15,10(16)17)13-9-3-4-9/h9,13H,3-8H2,1-2H3,(H,16,17). The Hall–Kier alpha value is -1.30. The van der Waals surface area contributed by atoms with Gasteiger partial charge in [0, 0.05) is 33.2 Å². The van der Waals surface area contributed by atoms with Crippen LogP contribution in [0.1, 0.15) is 25.7 Å². The molecule has 0 unspecified atom stereocenters. The Morgan fingerprint density at radius 1 is 1.28 bits per heavy atom. The second kappa shape index (κ2) is 4.76. The zero-order valence-corrected chi connectivity index (χ0v) is 11.0. The number of hydrogen-bond acceptors (Lipinski definition) is 3. The fourth-order valence-corrected chi connectivity index (χ4v) is 2.40. The molecule has 1 aliphatic heterocycles. The van der Waals surface area contributed by atoms with E-state index in [0.29, 0.717) is 32.0 Å². The Balaban J connectivity index is 1.97. The summed E-state index contributed by atoms with van der Waals surface area (Å²) in [6.07, 6.45) is 3.10. The predicted molar refractivity (Wildman–Crippen MR) is 66.4 cm³/mol. The number of nitrogens with one attached hydrogen (secondary N) is 1. The molecule has 0 aromatic carbocycles. The summed E-state index contributed by atoms with van der Waals surface area (Å²) in [6, 6.07) is 0.317. The van der Waals surface area contributed by atoms with Gasteiger partial charge in [0.2, 0.25) is 0 Å². The van der Waals surface area contributed by atoms with Gasteiger partial charge < -0.3 is 14.9 Å². The molecule has 2 amide bonds. The van der Waals surface area contributed by atoms with E-state index in [1.165, 1.54) is 4.90 Å². The van der Waals surface area contributed by atoms with Crippen LogP contribution in [0.3, 0.4) is 0 Å². The summed E-state index contributed by atoms with van der Waals surface area (Å²) in [5.74, 6) is -0.786. The topological polar surface area (TPSA) is 72.9 Å². The molecule has 6 heteroatoms. The number of carboxylic acids is 1. The van der Waals surface area contributed by atoms with Crippen LogP contribution >= 0.6 is 0 Å². The SMILES string of the molecule is CN(C)C(=O)N1CCC(NC2CC2)(C(=O)O)CC1. The second-order valence-corrected chi connectivity index (χ2v) is 5.47. The Kier molecular flexibility index (Phi) is 3.47. The molecule has 0 radical (unpaired) electrons. The van der Waals surface area contributed by atoms with Crippen LogP contribution in [0, 0.1) is 0 Å². The van der Waals surface area contributed by atoms with E-state index >= 15 is 0 Å². The highest BCUT2D eigenvalue weighted by Crippen LogP contribution is 2.29. The molecule has 0 bridgehead atoms. The van der Waals surface area contributed by atoms with E-state index in [2.05, 4.69) is 5.32 Å². The van der Waals surface area contributed by atoms with Crippen molar-refractivity contribution in [2.24, 2.45) is 0 Å². The number of rotatable bonds is 3. The van der Waals surface area contributed by atoms with Crippen LogP contribution in [0.15, 0.2) is 0 Å². The fraction of sp³-hybridized carbons (Fsp3) is 0.833. The number of urea groups is 1. The zero-order valence-electron chi connectivity index (χ0n) is 11.0. The maximum Gasteiger partial charge on any atom is 0.324 e. The van der Waals surface area contributed by atoms with Crippen molar-refractivity contribution in [1.82, 2.24) is 15.1 Å². The van der Waals surface area contributed by atoms with E-state index in [1.54, 1.807) is 19.0 Å². The molecule has 2 N–H and O–H groups in total. The smallest absolute Gasteiger partial charge is 0.324 e. The van der Waals surface area contributed by atoms with E-state index < -0.39 is 11.5 Å². The molecule has 1 heterocycles. The minimum Gasteiger partial charge on any atom is -0.480 e. The molecule has 1 saturated carbocycles. The zero-order chi connectivity index (χ0) is 13.3. The third-order valence-electron chi connectivity index (χ3n) is 3.74. The van der Waals surface area contributed by atoms with Crippen molar-refractivity contribution in [2.75, 3.05) is 27.2 Å². The third-order valence-corrected chi connectivity index (χ3v) is 3.74. The molecule has 2 aliphatic rings. The average molecular weight is 255 g/mol. The highest BCUT2D eigenvalue weighted by Gasteiger charge is 2.45. The van der Waals surface area contributed by atoms with Gasteiger partial charge in [0.05, 0.1) is 0 Å². The van der Waals surface area contributed by atoms with Gasteiger partial charge in [0.15, 0.2) is 0 Å². The number of aliphatic carboxylic acids is 1. The van der Waals surface area contributed by atoms with Gasteiger partial charge in [0.25, 0.3) is 0 Å². The van der Waals surface area contributed by atoms with Gasteiger partial charge in [-0.05, 0) is 25.7 Å². The first-order valence-electron chi connectivity index (χ1n) is 6.42. The highest BCUT2D eigenvalue weighted by molar-refractivity contribution is 5.80. The summed E-state index contributed by atoms with van der Waals surface area (Å²) >= 11 is 0. The number of carbonyl (C=O) groups excluding carboxylic acids is 1. The number of carboxylic acid groups (broad SMARTS) is 1. The maximum atomic E-state index is 11.8. The van der Waals surface area contributed by atoms with E-state index in [9.17, 15) is 14.7 Å². The Morgan fingerprint density at radius 2 is 1.83 bits per heavy atom. The molecular weight excluding hydrogens is 234 g/mol. The third kappa shape index (κ3) is 2.58. The highest BCUT2D eigenvalue weighted by atomic mass is 16.4. The van der Waals surface area contributed by atoms with Gasteiger partial charge in [-0.1, -0.05) is 0 Å². The first kappa shape index (κ1) is 13.1. The van der Waals surface area contributed by atoms with Crippen molar-refractivity contribution in [3.05, 3.63) is 0 Å². The maximum absolute atomic E-state index is 11.8. The minimum absolute atomic E-state index is 0.0413. The summed E-state index contributed by atoms with van der Waals surface area (Å²) in [4.78, 5) is 26.5. The van der Waals surface area contributed by atoms with Crippen LogP contribution in [-0.4, -0.2) is 65.7 Å². The van der Waals surface area contributed by atoms with Gasteiger partial charge >= 0.3 is 12.0 Å². The van der Waals surface area contributed by atoms with Crippen LogP contribution < -0.4 is 5.32 Å². The summed E-state index contributed by atoms with van der Waals surface area (Å²) < 4.78 is 0. The molecule has 2 rings (SSSR count).